The van der Waals surface area contributed by atoms with Crippen molar-refractivity contribution in [3.8, 4) is 0 Å². The first kappa shape index (κ1) is 9.13. The molecule has 1 nitrogen and oxygen atoms in total. The van der Waals surface area contributed by atoms with E-state index in [1.807, 2.05) is 0 Å². The molecule has 0 aliphatic carbocycles. The zero-order chi connectivity index (χ0) is 3.58. The van der Waals surface area contributed by atoms with Crippen molar-refractivity contribution in [2.45, 2.75) is 13.0 Å². The Kier molecular flexibility index (Phi) is 8.37. The van der Waals surface area contributed by atoms with Crippen LogP contribution < -0.4 is 0 Å². The largest absolute Gasteiger partial charge is 0.426 e. The van der Waals surface area contributed by atoms with Crippen LogP contribution in [0, 0.1) is 6.92 Å². The maximum absolute atomic E-state index is 7.94. The van der Waals surface area contributed by atoms with E-state index in [4.69, 9.17) is 5.11 Å². The van der Waals surface area contributed by atoms with Gasteiger partial charge in [-0.25, -0.2) is 0 Å². The van der Waals surface area contributed by atoms with Gasteiger partial charge in [-0.2, -0.15) is 0 Å². The van der Waals surface area contributed by atoms with Gasteiger partial charge in [0.2, 0.25) is 0 Å². The fraction of sp³-hybridized carbons (Fsp3) is 0.667. The summed E-state index contributed by atoms with van der Waals surface area (Å²) in [5.41, 5.74) is 0. The van der Waals surface area contributed by atoms with Crippen LogP contribution in [0.4, 0.5) is 0 Å². The second kappa shape index (κ2) is 4.58. The summed E-state index contributed by atoms with van der Waals surface area (Å²) >= 11 is 0. The average Bonchev–Trinajstić information content (AvgIpc) is 0.811. The second-order valence-electron chi connectivity index (χ2n) is 0.849. The van der Waals surface area contributed by atoms with Crippen LogP contribution in [-0.4, -0.2) is 11.2 Å². The fourth-order valence-electron chi connectivity index (χ4n) is 0. The Morgan fingerprint density at radius 3 is 1.80 bits per heavy atom. The molecule has 0 aliphatic rings. The molecule has 5 heavy (non-hydrogen) atoms. The van der Waals surface area contributed by atoms with Gasteiger partial charge in [0.25, 0.3) is 0 Å². The van der Waals surface area contributed by atoms with E-state index in [0.717, 1.165) is 0 Å². The van der Waals surface area contributed by atoms with Crippen molar-refractivity contribution in [1.82, 2.24) is 0 Å². The van der Waals surface area contributed by atoms with Gasteiger partial charge in [-0.05, 0) is 0 Å². The van der Waals surface area contributed by atoms with E-state index in [2.05, 4.69) is 6.92 Å². The van der Waals surface area contributed by atoms with E-state index in [1.54, 1.807) is 6.92 Å². The molecule has 0 aromatic carbocycles. The molecule has 0 bridgehead atoms. The molecule has 0 amide bonds. The normalized spacial score (nSPS) is 12.6. The molecule has 0 aliphatic heterocycles. The van der Waals surface area contributed by atoms with E-state index in [9.17, 15) is 0 Å². The predicted molar refractivity (Wildman–Crippen MR) is 17.0 cm³/mol. The van der Waals surface area contributed by atoms with E-state index in [1.165, 1.54) is 0 Å². The maximum Gasteiger partial charge on any atom is 0 e. The molecule has 0 saturated heterocycles. The van der Waals surface area contributed by atoms with E-state index in [-0.39, 0.29) is 19.5 Å². The van der Waals surface area contributed by atoms with Crippen molar-refractivity contribution < 1.29 is 24.6 Å². The van der Waals surface area contributed by atoms with Crippen molar-refractivity contribution in [2.24, 2.45) is 0 Å². The predicted octanol–water partition coefficient (Wildman–Crippen LogP) is 0.199. The van der Waals surface area contributed by atoms with Crippen LogP contribution >= 0.6 is 0 Å². The fourth-order valence-corrected chi connectivity index (χ4v) is 0. The molecular weight excluding hydrogens is 155 g/mol. The molecule has 0 rings (SSSR count). The van der Waals surface area contributed by atoms with Crippen LogP contribution in [0.3, 0.4) is 0 Å². The van der Waals surface area contributed by atoms with Gasteiger partial charge in [-0.3, -0.25) is 0 Å². The molecule has 0 saturated carbocycles. The molecule has 0 spiro atoms. The van der Waals surface area contributed by atoms with Gasteiger partial charge in [-0.15, -0.1) is 0 Å². The summed E-state index contributed by atoms with van der Waals surface area (Å²) in [6.07, 6.45) is -0.417. The summed E-state index contributed by atoms with van der Waals surface area (Å²) in [5, 5.41) is 7.94. The first-order chi connectivity index (χ1) is 1.73. The van der Waals surface area contributed by atoms with Gasteiger partial charge in [0.15, 0.2) is 0 Å². The van der Waals surface area contributed by atoms with Crippen LogP contribution in [-0.2, 0) is 19.5 Å². The first-order valence-electron chi connectivity index (χ1n) is 1.24. The SMILES string of the molecule is [CH2-]C(C)O.[Rh]. The molecule has 2 heteroatoms. The Labute approximate surface area is 45.1 Å². The van der Waals surface area contributed by atoms with E-state index >= 15 is 0 Å². The molecule has 1 atom stereocenters. The molecule has 0 aromatic heterocycles. The zero-order valence-electron chi connectivity index (χ0n) is 3.07. The summed E-state index contributed by atoms with van der Waals surface area (Å²) in [5.74, 6) is 0. The van der Waals surface area contributed by atoms with Crippen LogP contribution in [0.5, 0.6) is 0 Å². The molecule has 1 N–H and O–H groups in total. The standard InChI is InChI=1S/C3H7O.Rh/c1-3(2)4;/h3-4H,1H2,2H3;/q-1;. The van der Waals surface area contributed by atoms with Crippen LogP contribution in [0.1, 0.15) is 6.92 Å². The number of hydrogen-bond donors (Lipinski definition) is 1. The number of hydrogen-bond acceptors (Lipinski definition) is 1. The van der Waals surface area contributed by atoms with Crippen molar-refractivity contribution in [2.75, 3.05) is 0 Å². The third-order valence-corrected chi connectivity index (χ3v) is 0. The quantitative estimate of drug-likeness (QED) is 0.398. The van der Waals surface area contributed by atoms with Crippen LogP contribution in [0.15, 0.2) is 0 Å². The van der Waals surface area contributed by atoms with E-state index < -0.39 is 6.10 Å². The number of rotatable bonds is 0. The molecular formula is C3H7ORh-. The van der Waals surface area contributed by atoms with Crippen molar-refractivity contribution in [1.29, 1.82) is 0 Å². The van der Waals surface area contributed by atoms with Gasteiger partial charge in [0, 0.05) is 19.5 Å². The minimum absolute atomic E-state index is 0. The van der Waals surface area contributed by atoms with Crippen LogP contribution in [0.2, 0.25) is 0 Å². The zero-order valence-corrected chi connectivity index (χ0v) is 4.70. The Bertz CT molecular complexity index is 11.6. The van der Waals surface area contributed by atoms with Gasteiger partial charge >= 0.3 is 0 Å². The summed E-state index contributed by atoms with van der Waals surface area (Å²) < 4.78 is 0. The Morgan fingerprint density at radius 1 is 1.80 bits per heavy atom. The topological polar surface area (TPSA) is 20.2 Å². The maximum atomic E-state index is 7.94. The van der Waals surface area contributed by atoms with Crippen LogP contribution in [0.25, 0.3) is 0 Å². The number of aliphatic hydroxyl groups is 1. The van der Waals surface area contributed by atoms with Gasteiger partial charge < -0.3 is 12.0 Å². The average molecular weight is 162 g/mol. The summed E-state index contributed by atoms with van der Waals surface area (Å²) in [6, 6.07) is 0. The molecule has 1 radical (unpaired) electrons. The monoisotopic (exact) mass is 162 g/mol. The minimum atomic E-state index is -0.417. The van der Waals surface area contributed by atoms with Gasteiger partial charge in [0.1, 0.15) is 0 Å². The first-order valence-corrected chi connectivity index (χ1v) is 1.24. The Balaban J connectivity index is 0. The van der Waals surface area contributed by atoms with Gasteiger partial charge in [-0.1, -0.05) is 13.0 Å². The summed E-state index contributed by atoms with van der Waals surface area (Å²) in [6.45, 7) is 4.81. The number of aliphatic hydroxyl groups excluding tert-OH is 1. The van der Waals surface area contributed by atoms with Gasteiger partial charge in [0.05, 0.1) is 0 Å². The summed E-state index contributed by atoms with van der Waals surface area (Å²) in [7, 11) is 0. The third kappa shape index (κ3) is 89.9. The molecule has 0 fully saturated rings. The minimum Gasteiger partial charge on any atom is -0.426 e. The molecule has 0 aromatic rings. The summed E-state index contributed by atoms with van der Waals surface area (Å²) in [4.78, 5) is 0. The molecule has 35 valence electrons. The third-order valence-electron chi connectivity index (χ3n) is 0. The smallest absolute Gasteiger partial charge is 0 e. The van der Waals surface area contributed by atoms with Crippen molar-refractivity contribution in [3.63, 3.8) is 0 Å². The second-order valence-corrected chi connectivity index (χ2v) is 0.849. The Morgan fingerprint density at radius 2 is 1.80 bits per heavy atom. The molecule has 0 heterocycles. The van der Waals surface area contributed by atoms with E-state index in [0.29, 0.717) is 0 Å². The Hall–Kier alpha value is 0.583. The molecule has 1 unspecified atom stereocenters. The van der Waals surface area contributed by atoms with Crippen molar-refractivity contribution in [3.05, 3.63) is 6.92 Å². The van der Waals surface area contributed by atoms with Crippen molar-refractivity contribution >= 4 is 0 Å².